The van der Waals surface area contributed by atoms with E-state index in [2.05, 4.69) is 31.3 Å². The van der Waals surface area contributed by atoms with E-state index in [9.17, 15) is 4.79 Å². The molecule has 1 rings (SSSR count). The molecule has 1 unspecified atom stereocenters. The highest BCUT2D eigenvalue weighted by Gasteiger charge is 2.19. The summed E-state index contributed by atoms with van der Waals surface area (Å²) < 4.78 is 0. The Balaban J connectivity index is 2.67. The van der Waals surface area contributed by atoms with E-state index in [0.29, 0.717) is 6.54 Å². The summed E-state index contributed by atoms with van der Waals surface area (Å²) in [6.45, 7) is 5.57. The number of nitrogens with zero attached hydrogens (tertiary/aromatic N) is 1. The van der Waals surface area contributed by atoms with Crippen molar-refractivity contribution in [1.82, 2.24) is 10.2 Å². The fraction of sp³-hybridized carbons (Fsp3) is 0.533. The molecule has 100 valence electrons. The maximum absolute atomic E-state index is 12.3. The lowest BCUT2D eigenvalue weighted by molar-refractivity contribution is -0.134. The van der Waals surface area contributed by atoms with Gasteiger partial charge < -0.3 is 10.2 Å². The minimum atomic E-state index is 0.0732. The molecule has 0 saturated heterocycles. The number of nitrogens with one attached hydrogen (secondary N) is 1. The Labute approximate surface area is 110 Å². The maximum atomic E-state index is 12.3. The number of aryl methyl sites for hydroxylation is 1. The standard InChI is InChI=1S/C15H24N2O/c1-5-13(10-16-3)15(18)17(4)11-14-9-7-6-8-12(14)2/h6-9,13,16H,5,10-11H2,1-4H3. The van der Waals surface area contributed by atoms with Crippen LogP contribution in [0.4, 0.5) is 0 Å². The fourth-order valence-electron chi connectivity index (χ4n) is 2.09. The van der Waals surface area contributed by atoms with Gasteiger partial charge in [0, 0.05) is 20.1 Å². The second-order valence-corrected chi connectivity index (χ2v) is 4.78. The Hall–Kier alpha value is -1.35. The molecule has 0 bridgehead atoms. The van der Waals surface area contributed by atoms with Gasteiger partial charge in [0.25, 0.3) is 0 Å². The van der Waals surface area contributed by atoms with Crippen molar-refractivity contribution < 1.29 is 4.79 Å². The largest absolute Gasteiger partial charge is 0.341 e. The van der Waals surface area contributed by atoms with Crippen LogP contribution < -0.4 is 5.32 Å². The second-order valence-electron chi connectivity index (χ2n) is 4.78. The number of amides is 1. The van der Waals surface area contributed by atoms with Crippen molar-refractivity contribution in [3.05, 3.63) is 35.4 Å². The minimum Gasteiger partial charge on any atom is -0.341 e. The van der Waals surface area contributed by atoms with Gasteiger partial charge in [0.05, 0.1) is 5.92 Å². The first-order chi connectivity index (χ1) is 8.60. The Morgan fingerprint density at radius 2 is 2.06 bits per heavy atom. The predicted octanol–water partition coefficient (Wildman–Crippen LogP) is 2.20. The van der Waals surface area contributed by atoms with Crippen molar-refractivity contribution in [2.75, 3.05) is 20.6 Å². The van der Waals surface area contributed by atoms with Crippen molar-refractivity contribution in [3.63, 3.8) is 0 Å². The average Bonchev–Trinajstić information content (AvgIpc) is 2.37. The molecule has 1 aromatic carbocycles. The van der Waals surface area contributed by atoms with Crippen molar-refractivity contribution in [2.45, 2.75) is 26.8 Å². The number of hydrogen-bond donors (Lipinski definition) is 1. The normalized spacial score (nSPS) is 12.2. The van der Waals surface area contributed by atoms with Crippen LogP contribution in [-0.2, 0) is 11.3 Å². The van der Waals surface area contributed by atoms with E-state index in [-0.39, 0.29) is 11.8 Å². The summed E-state index contributed by atoms with van der Waals surface area (Å²) in [5.41, 5.74) is 2.45. The summed E-state index contributed by atoms with van der Waals surface area (Å²) in [6, 6.07) is 8.21. The minimum absolute atomic E-state index is 0.0732. The molecule has 3 nitrogen and oxygen atoms in total. The summed E-state index contributed by atoms with van der Waals surface area (Å²) >= 11 is 0. The molecule has 0 fully saturated rings. The highest BCUT2D eigenvalue weighted by Crippen LogP contribution is 2.12. The molecule has 0 aromatic heterocycles. The van der Waals surface area contributed by atoms with Gasteiger partial charge in [-0.25, -0.2) is 0 Å². The lowest BCUT2D eigenvalue weighted by atomic mass is 10.0. The van der Waals surface area contributed by atoms with Crippen LogP contribution in [0.5, 0.6) is 0 Å². The lowest BCUT2D eigenvalue weighted by Gasteiger charge is -2.23. The zero-order valence-electron chi connectivity index (χ0n) is 11.9. The Bertz CT molecular complexity index is 390. The summed E-state index contributed by atoms with van der Waals surface area (Å²) in [6.07, 6.45) is 0.873. The third kappa shape index (κ3) is 3.84. The number of carbonyl (C=O) groups is 1. The van der Waals surface area contributed by atoms with E-state index < -0.39 is 0 Å². The molecular formula is C15H24N2O. The van der Waals surface area contributed by atoms with Gasteiger partial charge >= 0.3 is 0 Å². The number of rotatable bonds is 6. The van der Waals surface area contributed by atoms with Gasteiger partial charge in [-0.1, -0.05) is 31.2 Å². The summed E-state index contributed by atoms with van der Waals surface area (Å²) in [4.78, 5) is 14.1. The Morgan fingerprint density at radius 3 is 2.61 bits per heavy atom. The van der Waals surface area contributed by atoms with Crippen LogP contribution in [-0.4, -0.2) is 31.4 Å². The molecule has 0 radical (unpaired) electrons. The predicted molar refractivity (Wildman–Crippen MR) is 75.4 cm³/mol. The molecule has 0 aliphatic rings. The van der Waals surface area contributed by atoms with Crippen LogP contribution >= 0.6 is 0 Å². The van der Waals surface area contributed by atoms with Gasteiger partial charge in [-0.2, -0.15) is 0 Å². The van der Waals surface area contributed by atoms with E-state index in [1.54, 1.807) is 0 Å². The van der Waals surface area contributed by atoms with Gasteiger partial charge in [0.1, 0.15) is 0 Å². The van der Waals surface area contributed by atoms with Gasteiger partial charge in [0.2, 0.25) is 5.91 Å². The van der Waals surface area contributed by atoms with E-state index in [1.165, 1.54) is 11.1 Å². The van der Waals surface area contributed by atoms with Crippen molar-refractivity contribution >= 4 is 5.91 Å². The molecule has 0 saturated carbocycles. The Kier molecular flexibility index (Phi) is 5.86. The zero-order chi connectivity index (χ0) is 13.5. The van der Waals surface area contributed by atoms with Crippen LogP contribution in [0.2, 0.25) is 0 Å². The zero-order valence-corrected chi connectivity index (χ0v) is 11.9. The molecule has 0 aliphatic heterocycles. The van der Waals surface area contributed by atoms with Crippen LogP contribution in [0.3, 0.4) is 0 Å². The van der Waals surface area contributed by atoms with E-state index in [4.69, 9.17) is 0 Å². The van der Waals surface area contributed by atoms with Gasteiger partial charge in [-0.05, 0) is 31.5 Å². The number of benzene rings is 1. The molecule has 1 atom stereocenters. The van der Waals surface area contributed by atoms with Gasteiger partial charge in [-0.15, -0.1) is 0 Å². The van der Waals surface area contributed by atoms with E-state index in [0.717, 1.165) is 13.0 Å². The second kappa shape index (κ2) is 7.17. The molecule has 0 aliphatic carbocycles. The summed E-state index contributed by atoms with van der Waals surface area (Å²) in [5.74, 6) is 0.291. The first kappa shape index (κ1) is 14.7. The van der Waals surface area contributed by atoms with Crippen LogP contribution in [0.25, 0.3) is 0 Å². The first-order valence-corrected chi connectivity index (χ1v) is 6.54. The molecule has 18 heavy (non-hydrogen) atoms. The Morgan fingerprint density at radius 1 is 1.39 bits per heavy atom. The summed E-state index contributed by atoms with van der Waals surface area (Å²) in [7, 11) is 3.77. The molecule has 1 amide bonds. The molecular weight excluding hydrogens is 224 g/mol. The van der Waals surface area contributed by atoms with Crippen LogP contribution in [0, 0.1) is 12.8 Å². The van der Waals surface area contributed by atoms with Crippen molar-refractivity contribution in [3.8, 4) is 0 Å². The molecule has 1 N–H and O–H groups in total. The molecule has 0 heterocycles. The molecule has 1 aromatic rings. The molecule has 3 heteroatoms. The SMILES string of the molecule is CCC(CNC)C(=O)N(C)Cc1ccccc1C. The number of carbonyl (C=O) groups excluding carboxylic acids is 1. The quantitative estimate of drug-likeness (QED) is 0.837. The number of hydrogen-bond acceptors (Lipinski definition) is 2. The topological polar surface area (TPSA) is 32.3 Å². The highest BCUT2D eigenvalue weighted by molar-refractivity contribution is 5.78. The third-order valence-corrected chi connectivity index (χ3v) is 3.34. The van der Waals surface area contributed by atoms with Crippen molar-refractivity contribution in [2.24, 2.45) is 5.92 Å². The van der Waals surface area contributed by atoms with Crippen LogP contribution in [0.1, 0.15) is 24.5 Å². The summed E-state index contributed by atoms with van der Waals surface area (Å²) in [5, 5.41) is 3.08. The lowest BCUT2D eigenvalue weighted by Crippen LogP contribution is -2.36. The van der Waals surface area contributed by atoms with E-state index >= 15 is 0 Å². The van der Waals surface area contributed by atoms with Crippen molar-refractivity contribution in [1.29, 1.82) is 0 Å². The third-order valence-electron chi connectivity index (χ3n) is 3.34. The van der Waals surface area contributed by atoms with Crippen LogP contribution in [0.15, 0.2) is 24.3 Å². The van der Waals surface area contributed by atoms with E-state index in [1.807, 2.05) is 31.1 Å². The fourth-order valence-corrected chi connectivity index (χ4v) is 2.09. The highest BCUT2D eigenvalue weighted by atomic mass is 16.2. The van der Waals surface area contributed by atoms with Gasteiger partial charge in [-0.3, -0.25) is 4.79 Å². The average molecular weight is 248 g/mol. The molecule has 0 spiro atoms. The monoisotopic (exact) mass is 248 g/mol. The smallest absolute Gasteiger partial charge is 0.226 e. The van der Waals surface area contributed by atoms with Gasteiger partial charge in [0.15, 0.2) is 0 Å². The first-order valence-electron chi connectivity index (χ1n) is 6.54. The maximum Gasteiger partial charge on any atom is 0.226 e.